The maximum Gasteiger partial charge on any atom is 0.0722 e. The highest BCUT2D eigenvalue weighted by molar-refractivity contribution is 4.82. The van der Waals surface area contributed by atoms with Crippen molar-refractivity contribution in [1.82, 2.24) is 0 Å². The molecule has 0 aliphatic heterocycles. The summed E-state index contributed by atoms with van der Waals surface area (Å²) >= 11 is 0. The standard InChI is InChI=1S/C10H21NO/c1-3-4-10(12-2)9(11)7-8-5-6-8/h8-10H,3-7,11H2,1-2H3. The molecule has 0 radical (unpaired) electrons. The van der Waals surface area contributed by atoms with Gasteiger partial charge in [0, 0.05) is 13.2 Å². The molecule has 12 heavy (non-hydrogen) atoms. The van der Waals surface area contributed by atoms with E-state index in [4.69, 9.17) is 10.5 Å². The van der Waals surface area contributed by atoms with Gasteiger partial charge >= 0.3 is 0 Å². The van der Waals surface area contributed by atoms with E-state index in [1.165, 1.54) is 19.3 Å². The van der Waals surface area contributed by atoms with Crippen molar-refractivity contribution in [3.05, 3.63) is 0 Å². The maximum absolute atomic E-state index is 6.03. The highest BCUT2D eigenvalue weighted by Gasteiger charge is 2.27. The first-order valence-corrected chi connectivity index (χ1v) is 5.06. The minimum Gasteiger partial charge on any atom is -0.380 e. The molecular formula is C10H21NO. The number of nitrogens with two attached hydrogens (primary N) is 1. The highest BCUT2D eigenvalue weighted by atomic mass is 16.5. The molecule has 0 aromatic rings. The Balaban J connectivity index is 2.19. The van der Waals surface area contributed by atoms with Crippen LogP contribution in [0.2, 0.25) is 0 Å². The molecule has 1 aliphatic rings. The van der Waals surface area contributed by atoms with E-state index < -0.39 is 0 Å². The van der Waals surface area contributed by atoms with E-state index in [0.717, 1.165) is 18.8 Å². The van der Waals surface area contributed by atoms with Gasteiger partial charge < -0.3 is 10.5 Å². The van der Waals surface area contributed by atoms with Crippen LogP contribution in [0.5, 0.6) is 0 Å². The minimum absolute atomic E-state index is 0.266. The average Bonchev–Trinajstić information content (AvgIpc) is 2.83. The molecule has 1 saturated carbocycles. The van der Waals surface area contributed by atoms with Gasteiger partial charge in [-0.2, -0.15) is 0 Å². The Bertz CT molecular complexity index is 123. The van der Waals surface area contributed by atoms with Crippen molar-refractivity contribution in [1.29, 1.82) is 0 Å². The van der Waals surface area contributed by atoms with Gasteiger partial charge in [-0.1, -0.05) is 26.2 Å². The van der Waals surface area contributed by atoms with Gasteiger partial charge in [-0.3, -0.25) is 0 Å². The number of hydrogen-bond acceptors (Lipinski definition) is 2. The largest absolute Gasteiger partial charge is 0.380 e. The molecule has 1 fully saturated rings. The lowest BCUT2D eigenvalue weighted by Crippen LogP contribution is -2.36. The van der Waals surface area contributed by atoms with Gasteiger partial charge in [0.2, 0.25) is 0 Å². The van der Waals surface area contributed by atoms with Crippen molar-refractivity contribution >= 4 is 0 Å². The van der Waals surface area contributed by atoms with Crippen LogP contribution in [-0.4, -0.2) is 19.3 Å². The molecule has 0 aromatic heterocycles. The molecule has 0 bridgehead atoms. The van der Waals surface area contributed by atoms with E-state index in [0.29, 0.717) is 0 Å². The van der Waals surface area contributed by atoms with Crippen molar-refractivity contribution in [3.8, 4) is 0 Å². The summed E-state index contributed by atoms with van der Waals surface area (Å²) in [7, 11) is 1.77. The van der Waals surface area contributed by atoms with Crippen LogP contribution < -0.4 is 5.73 Å². The second kappa shape index (κ2) is 4.83. The molecule has 2 heteroatoms. The summed E-state index contributed by atoms with van der Waals surface area (Å²) in [6, 6.07) is 0.266. The first-order valence-electron chi connectivity index (χ1n) is 5.06. The number of methoxy groups -OCH3 is 1. The summed E-state index contributed by atoms with van der Waals surface area (Å²) < 4.78 is 5.36. The molecule has 0 spiro atoms. The summed E-state index contributed by atoms with van der Waals surface area (Å²) in [5, 5.41) is 0. The van der Waals surface area contributed by atoms with Crippen LogP contribution in [0.25, 0.3) is 0 Å². The zero-order valence-electron chi connectivity index (χ0n) is 8.25. The van der Waals surface area contributed by atoms with Crippen molar-refractivity contribution < 1.29 is 4.74 Å². The Kier molecular flexibility index (Phi) is 4.02. The summed E-state index contributed by atoms with van der Waals surface area (Å²) in [5.74, 6) is 0.912. The van der Waals surface area contributed by atoms with Crippen molar-refractivity contribution in [3.63, 3.8) is 0 Å². The van der Waals surface area contributed by atoms with E-state index >= 15 is 0 Å². The van der Waals surface area contributed by atoms with Gasteiger partial charge in [-0.15, -0.1) is 0 Å². The third-order valence-electron chi connectivity index (χ3n) is 2.66. The molecule has 0 heterocycles. The van der Waals surface area contributed by atoms with Crippen molar-refractivity contribution in [2.75, 3.05) is 7.11 Å². The van der Waals surface area contributed by atoms with Gasteiger partial charge in [0.15, 0.2) is 0 Å². The lowest BCUT2D eigenvalue weighted by molar-refractivity contribution is 0.0686. The summed E-state index contributed by atoms with van der Waals surface area (Å²) in [4.78, 5) is 0. The average molecular weight is 171 g/mol. The van der Waals surface area contributed by atoms with Gasteiger partial charge in [-0.25, -0.2) is 0 Å². The minimum atomic E-state index is 0.266. The molecule has 1 rings (SSSR count). The van der Waals surface area contributed by atoms with Crippen LogP contribution in [0.4, 0.5) is 0 Å². The van der Waals surface area contributed by atoms with E-state index in [1.54, 1.807) is 7.11 Å². The van der Waals surface area contributed by atoms with Crippen LogP contribution in [-0.2, 0) is 4.74 Å². The van der Waals surface area contributed by atoms with Crippen molar-refractivity contribution in [2.45, 2.75) is 51.2 Å². The SMILES string of the molecule is CCCC(OC)C(N)CC1CC1. The van der Waals surface area contributed by atoms with Crippen molar-refractivity contribution in [2.24, 2.45) is 11.7 Å². The number of hydrogen-bond donors (Lipinski definition) is 1. The molecule has 2 nitrogen and oxygen atoms in total. The van der Waals surface area contributed by atoms with E-state index in [9.17, 15) is 0 Å². The normalized spacial score (nSPS) is 22.2. The predicted molar refractivity (Wildman–Crippen MR) is 51.0 cm³/mol. The number of ether oxygens (including phenoxy) is 1. The molecule has 2 atom stereocenters. The topological polar surface area (TPSA) is 35.2 Å². The number of rotatable bonds is 6. The van der Waals surface area contributed by atoms with Crippen LogP contribution in [0.3, 0.4) is 0 Å². The third kappa shape index (κ3) is 3.11. The predicted octanol–water partition coefficient (Wildman–Crippen LogP) is 1.93. The summed E-state index contributed by atoms with van der Waals surface area (Å²) in [6.07, 6.45) is 6.49. The van der Waals surface area contributed by atoms with E-state index in [2.05, 4.69) is 6.92 Å². The third-order valence-corrected chi connectivity index (χ3v) is 2.66. The van der Waals surface area contributed by atoms with Gasteiger partial charge in [0.05, 0.1) is 6.10 Å². The summed E-state index contributed by atoms with van der Waals surface area (Å²) in [6.45, 7) is 2.18. The molecule has 2 unspecified atom stereocenters. The molecular weight excluding hydrogens is 150 g/mol. The Morgan fingerprint density at radius 2 is 2.17 bits per heavy atom. The van der Waals surface area contributed by atoms with E-state index in [1.807, 2.05) is 0 Å². The van der Waals surface area contributed by atoms with Crippen LogP contribution in [0.1, 0.15) is 39.0 Å². The zero-order valence-corrected chi connectivity index (χ0v) is 8.25. The van der Waals surface area contributed by atoms with Crippen LogP contribution >= 0.6 is 0 Å². The molecule has 0 amide bonds. The fraction of sp³-hybridized carbons (Fsp3) is 1.00. The Morgan fingerprint density at radius 1 is 1.50 bits per heavy atom. The van der Waals surface area contributed by atoms with Gasteiger partial charge in [0.25, 0.3) is 0 Å². The second-order valence-corrected chi connectivity index (χ2v) is 3.91. The summed E-state index contributed by atoms with van der Waals surface area (Å²) in [5.41, 5.74) is 6.03. The molecule has 1 aliphatic carbocycles. The molecule has 2 N–H and O–H groups in total. The fourth-order valence-electron chi connectivity index (χ4n) is 1.68. The first-order chi connectivity index (χ1) is 5.77. The van der Waals surface area contributed by atoms with E-state index in [-0.39, 0.29) is 12.1 Å². The fourth-order valence-corrected chi connectivity index (χ4v) is 1.68. The highest BCUT2D eigenvalue weighted by Crippen LogP contribution is 2.34. The molecule has 72 valence electrons. The smallest absolute Gasteiger partial charge is 0.0722 e. The Morgan fingerprint density at radius 3 is 2.58 bits per heavy atom. The van der Waals surface area contributed by atoms with Gasteiger partial charge in [0.1, 0.15) is 0 Å². The quantitative estimate of drug-likeness (QED) is 0.662. The second-order valence-electron chi connectivity index (χ2n) is 3.91. The van der Waals surface area contributed by atoms with Crippen LogP contribution in [0, 0.1) is 5.92 Å². The lowest BCUT2D eigenvalue weighted by Gasteiger charge is -2.21. The Labute approximate surface area is 75.5 Å². The zero-order chi connectivity index (χ0) is 8.97. The van der Waals surface area contributed by atoms with Gasteiger partial charge in [-0.05, 0) is 18.8 Å². The monoisotopic (exact) mass is 171 g/mol. The Hall–Kier alpha value is -0.0800. The first kappa shape index (κ1) is 10.0. The lowest BCUT2D eigenvalue weighted by atomic mass is 10.0. The molecule has 0 aromatic carbocycles. The van der Waals surface area contributed by atoms with Crippen LogP contribution in [0.15, 0.2) is 0 Å². The maximum atomic E-state index is 6.03. The molecule has 0 saturated heterocycles.